The third-order valence-electron chi connectivity index (χ3n) is 3.45. The van der Waals surface area contributed by atoms with Gasteiger partial charge < -0.3 is 15.8 Å². The maximum absolute atomic E-state index is 12.4. The molecule has 22 heavy (non-hydrogen) atoms. The normalized spacial score (nSPS) is 10.6. The highest BCUT2D eigenvalue weighted by molar-refractivity contribution is 9.10. The Hall–Kier alpha value is -2.01. The van der Waals surface area contributed by atoms with E-state index in [0.717, 1.165) is 0 Å². The number of nitrogen functional groups attached to an aromatic ring is 1. The first-order valence-corrected chi connectivity index (χ1v) is 7.76. The summed E-state index contributed by atoms with van der Waals surface area (Å²) in [6.45, 7) is 4.23. The maximum atomic E-state index is 12.4. The summed E-state index contributed by atoms with van der Waals surface area (Å²) in [5.74, 6) is 0.726. The van der Waals surface area contributed by atoms with Crippen LogP contribution in [0.4, 0.5) is 11.4 Å². The minimum atomic E-state index is -0.224. The first kappa shape index (κ1) is 16.4. The number of methoxy groups -OCH3 is 1. The molecule has 0 fully saturated rings. The van der Waals surface area contributed by atoms with E-state index in [1.54, 1.807) is 12.1 Å². The van der Waals surface area contributed by atoms with E-state index in [4.69, 9.17) is 10.5 Å². The molecule has 0 saturated heterocycles. The molecule has 0 aliphatic heterocycles. The second-order valence-corrected chi connectivity index (χ2v) is 6.12. The van der Waals surface area contributed by atoms with Gasteiger partial charge >= 0.3 is 0 Å². The van der Waals surface area contributed by atoms with Gasteiger partial charge in [0, 0.05) is 10.0 Å². The zero-order valence-electron chi connectivity index (χ0n) is 12.8. The number of ether oxygens (including phenoxy) is 1. The monoisotopic (exact) mass is 362 g/mol. The van der Waals surface area contributed by atoms with Crippen molar-refractivity contribution in [2.75, 3.05) is 18.2 Å². The summed E-state index contributed by atoms with van der Waals surface area (Å²) in [5.41, 5.74) is 8.68. The number of rotatable bonds is 4. The summed E-state index contributed by atoms with van der Waals surface area (Å²) < 4.78 is 5.96. The summed E-state index contributed by atoms with van der Waals surface area (Å²) in [7, 11) is 1.54. The fourth-order valence-electron chi connectivity index (χ4n) is 2.08. The molecule has 0 spiro atoms. The Kier molecular flexibility index (Phi) is 5.08. The maximum Gasteiger partial charge on any atom is 0.255 e. The van der Waals surface area contributed by atoms with Crippen LogP contribution < -0.4 is 15.8 Å². The molecule has 0 unspecified atom stereocenters. The average Bonchev–Trinajstić information content (AvgIpc) is 2.52. The SMILES string of the molecule is COc1ccc(Br)c(N)c1NC(=O)c1ccc(C(C)C)cc1. The van der Waals surface area contributed by atoms with Crippen molar-refractivity contribution in [3.05, 3.63) is 52.0 Å². The van der Waals surface area contributed by atoms with E-state index in [1.165, 1.54) is 12.7 Å². The van der Waals surface area contributed by atoms with Crippen molar-refractivity contribution in [3.63, 3.8) is 0 Å². The Morgan fingerprint density at radius 1 is 1.18 bits per heavy atom. The van der Waals surface area contributed by atoms with Crippen LogP contribution in [0.3, 0.4) is 0 Å². The molecule has 3 N–H and O–H groups in total. The van der Waals surface area contributed by atoms with Crippen LogP contribution in [0.15, 0.2) is 40.9 Å². The number of nitrogens with two attached hydrogens (primary N) is 1. The van der Waals surface area contributed by atoms with Crippen LogP contribution in [0, 0.1) is 0 Å². The lowest BCUT2D eigenvalue weighted by molar-refractivity contribution is 0.102. The molecule has 1 amide bonds. The molecule has 5 heteroatoms. The summed E-state index contributed by atoms with van der Waals surface area (Å²) in [5, 5.41) is 2.82. The lowest BCUT2D eigenvalue weighted by Gasteiger charge is -2.14. The van der Waals surface area contributed by atoms with Crippen LogP contribution >= 0.6 is 15.9 Å². The van der Waals surface area contributed by atoms with Crippen molar-refractivity contribution in [2.45, 2.75) is 19.8 Å². The summed E-state index contributed by atoms with van der Waals surface area (Å²) in [6, 6.07) is 11.1. The lowest BCUT2D eigenvalue weighted by Crippen LogP contribution is -2.14. The zero-order valence-corrected chi connectivity index (χ0v) is 14.4. The first-order chi connectivity index (χ1) is 10.4. The van der Waals surface area contributed by atoms with Gasteiger partial charge in [0.2, 0.25) is 0 Å². The van der Waals surface area contributed by atoms with E-state index in [2.05, 4.69) is 35.1 Å². The van der Waals surface area contributed by atoms with Gasteiger partial charge in [0.25, 0.3) is 5.91 Å². The fourth-order valence-corrected chi connectivity index (χ4v) is 2.41. The largest absolute Gasteiger partial charge is 0.494 e. The van der Waals surface area contributed by atoms with E-state index in [0.29, 0.717) is 33.1 Å². The van der Waals surface area contributed by atoms with Gasteiger partial charge in [-0.2, -0.15) is 0 Å². The number of anilines is 2. The Morgan fingerprint density at radius 3 is 2.36 bits per heavy atom. The Morgan fingerprint density at radius 2 is 1.82 bits per heavy atom. The average molecular weight is 363 g/mol. The number of benzene rings is 2. The van der Waals surface area contributed by atoms with Crippen molar-refractivity contribution in [2.24, 2.45) is 0 Å². The number of carbonyl (C=O) groups is 1. The summed E-state index contributed by atoms with van der Waals surface area (Å²) in [6.07, 6.45) is 0. The van der Waals surface area contributed by atoms with Crippen molar-refractivity contribution in [1.82, 2.24) is 0 Å². The van der Waals surface area contributed by atoms with Crippen molar-refractivity contribution < 1.29 is 9.53 Å². The molecule has 4 nitrogen and oxygen atoms in total. The van der Waals surface area contributed by atoms with Gasteiger partial charge in [-0.05, 0) is 51.7 Å². The first-order valence-electron chi connectivity index (χ1n) is 6.97. The van der Waals surface area contributed by atoms with E-state index in [9.17, 15) is 4.79 Å². The minimum absolute atomic E-state index is 0.224. The predicted molar refractivity (Wildman–Crippen MR) is 93.6 cm³/mol. The van der Waals surface area contributed by atoms with Gasteiger partial charge in [-0.15, -0.1) is 0 Å². The van der Waals surface area contributed by atoms with Crippen molar-refractivity contribution >= 4 is 33.2 Å². The molecular formula is C17H19BrN2O2. The highest BCUT2D eigenvalue weighted by Crippen LogP contribution is 2.36. The van der Waals surface area contributed by atoms with Crippen LogP contribution in [-0.4, -0.2) is 13.0 Å². The van der Waals surface area contributed by atoms with Gasteiger partial charge in [0.1, 0.15) is 11.4 Å². The molecule has 0 aliphatic carbocycles. The second kappa shape index (κ2) is 6.83. The van der Waals surface area contributed by atoms with Gasteiger partial charge in [-0.25, -0.2) is 0 Å². The van der Waals surface area contributed by atoms with Gasteiger partial charge in [-0.3, -0.25) is 4.79 Å². The number of hydrogen-bond donors (Lipinski definition) is 2. The molecule has 0 aliphatic rings. The molecular weight excluding hydrogens is 344 g/mol. The lowest BCUT2D eigenvalue weighted by atomic mass is 10.0. The molecule has 0 radical (unpaired) electrons. The summed E-state index contributed by atoms with van der Waals surface area (Å²) >= 11 is 3.35. The van der Waals surface area contributed by atoms with Crippen LogP contribution in [0.5, 0.6) is 5.75 Å². The molecule has 0 atom stereocenters. The van der Waals surface area contributed by atoms with Gasteiger partial charge in [0.15, 0.2) is 0 Å². The highest BCUT2D eigenvalue weighted by Gasteiger charge is 2.14. The molecule has 0 heterocycles. The van der Waals surface area contributed by atoms with Crippen molar-refractivity contribution in [3.8, 4) is 5.75 Å². The van der Waals surface area contributed by atoms with Crippen LogP contribution in [-0.2, 0) is 0 Å². The molecule has 2 rings (SSSR count). The van der Waals surface area contributed by atoms with Gasteiger partial charge in [0.05, 0.1) is 12.8 Å². The van der Waals surface area contributed by atoms with Gasteiger partial charge in [-0.1, -0.05) is 26.0 Å². The van der Waals surface area contributed by atoms with Crippen LogP contribution in [0.25, 0.3) is 0 Å². The smallest absolute Gasteiger partial charge is 0.255 e. The molecule has 0 aromatic heterocycles. The number of carbonyl (C=O) groups excluding carboxylic acids is 1. The molecule has 2 aromatic carbocycles. The molecule has 2 aromatic rings. The third-order valence-corrected chi connectivity index (χ3v) is 4.14. The number of amides is 1. The molecule has 116 valence electrons. The zero-order chi connectivity index (χ0) is 16.3. The standard InChI is InChI=1S/C17H19BrN2O2/c1-10(2)11-4-6-12(7-5-11)17(21)20-16-14(22-3)9-8-13(18)15(16)19/h4-10H,19H2,1-3H3,(H,20,21). The minimum Gasteiger partial charge on any atom is -0.494 e. The van der Waals surface area contributed by atoms with E-state index >= 15 is 0 Å². The van der Waals surface area contributed by atoms with Crippen LogP contribution in [0.2, 0.25) is 0 Å². The second-order valence-electron chi connectivity index (χ2n) is 5.27. The Bertz CT molecular complexity index is 682. The Balaban J connectivity index is 2.27. The van der Waals surface area contributed by atoms with Crippen molar-refractivity contribution in [1.29, 1.82) is 0 Å². The highest BCUT2D eigenvalue weighted by atomic mass is 79.9. The summed E-state index contributed by atoms with van der Waals surface area (Å²) in [4.78, 5) is 12.4. The quantitative estimate of drug-likeness (QED) is 0.791. The van der Waals surface area contributed by atoms with Crippen LogP contribution in [0.1, 0.15) is 35.7 Å². The number of halogens is 1. The number of nitrogens with one attached hydrogen (secondary N) is 1. The topological polar surface area (TPSA) is 64.3 Å². The third kappa shape index (κ3) is 3.42. The van der Waals surface area contributed by atoms with E-state index in [-0.39, 0.29) is 5.91 Å². The molecule has 0 bridgehead atoms. The molecule has 0 saturated carbocycles. The Labute approximate surface area is 138 Å². The fraction of sp³-hybridized carbons (Fsp3) is 0.235. The van der Waals surface area contributed by atoms with E-state index in [1.807, 2.05) is 24.3 Å². The van der Waals surface area contributed by atoms with E-state index < -0.39 is 0 Å². The predicted octanol–water partition coefficient (Wildman–Crippen LogP) is 4.42. The number of hydrogen-bond acceptors (Lipinski definition) is 3.